The van der Waals surface area contributed by atoms with Gasteiger partial charge in [0.1, 0.15) is 0 Å². The smallest absolute Gasteiger partial charge is 0.330 e. The van der Waals surface area contributed by atoms with Crippen molar-refractivity contribution < 1.29 is 17.9 Å². The second-order valence-corrected chi connectivity index (χ2v) is 11.2. The van der Waals surface area contributed by atoms with Gasteiger partial charge in [0.15, 0.2) is 15.1 Å². The minimum Gasteiger partial charge on any atom is -0.468 e. The molecule has 0 saturated heterocycles. The molecule has 5 rings (SSSR count). The molecule has 0 aliphatic heterocycles. The van der Waals surface area contributed by atoms with Gasteiger partial charge in [-0.25, -0.2) is 13.4 Å². The zero-order valence-electron chi connectivity index (χ0n) is 20.0. The number of carbonyl (C=O) groups excluding carboxylic acids is 1. The molecular weight excluding hydrogens is 516 g/mol. The molecule has 0 aliphatic rings. The van der Waals surface area contributed by atoms with Gasteiger partial charge in [0.25, 0.3) is 5.56 Å². The number of esters is 1. The van der Waals surface area contributed by atoms with E-state index in [1.54, 1.807) is 47.3 Å². The van der Waals surface area contributed by atoms with Crippen LogP contribution in [0.1, 0.15) is 10.9 Å². The summed E-state index contributed by atoms with van der Waals surface area (Å²) >= 11 is 6.08. The second-order valence-electron chi connectivity index (χ2n) is 8.64. The largest absolute Gasteiger partial charge is 0.468 e. The molecule has 5 aromatic rings. The number of halogens is 1. The highest BCUT2D eigenvalue weighted by Crippen LogP contribution is 2.30. The number of methoxy groups -OCH3 is 1. The van der Waals surface area contributed by atoms with E-state index in [2.05, 4.69) is 10.1 Å². The summed E-state index contributed by atoms with van der Waals surface area (Å²) in [4.78, 5) is 30.8. The molecule has 0 N–H and O–H groups in total. The zero-order chi connectivity index (χ0) is 26.5. The summed E-state index contributed by atoms with van der Waals surface area (Å²) in [7, 11) is -0.976. The van der Waals surface area contributed by atoms with E-state index >= 15 is 0 Å². The maximum atomic E-state index is 13.9. The molecule has 3 heterocycles. The molecule has 0 bridgehead atoms. The van der Waals surface area contributed by atoms with Gasteiger partial charge in [0, 0.05) is 47.2 Å². The number of ether oxygens (including phenoxy) is 1. The zero-order valence-corrected chi connectivity index (χ0v) is 21.6. The summed E-state index contributed by atoms with van der Waals surface area (Å²) in [6.07, 6.45) is 4.43. The highest BCUT2D eigenvalue weighted by molar-refractivity contribution is 7.91. The van der Waals surface area contributed by atoms with Crippen molar-refractivity contribution in [3.63, 3.8) is 0 Å². The minimum absolute atomic E-state index is 0.0361. The summed E-state index contributed by atoms with van der Waals surface area (Å²) in [6.45, 7) is 0. The minimum atomic E-state index is -3.91. The first kappa shape index (κ1) is 24.7. The Morgan fingerprint density at radius 2 is 1.76 bits per heavy atom. The van der Waals surface area contributed by atoms with E-state index in [0.29, 0.717) is 21.7 Å². The van der Waals surface area contributed by atoms with Crippen molar-refractivity contribution in [2.75, 3.05) is 13.4 Å². The summed E-state index contributed by atoms with van der Waals surface area (Å²) < 4.78 is 32.8. The summed E-state index contributed by atoms with van der Waals surface area (Å²) in [5.74, 6) is -0.958. The fourth-order valence-electron chi connectivity index (χ4n) is 4.33. The van der Waals surface area contributed by atoms with Crippen LogP contribution in [0.3, 0.4) is 0 Å². The van der Waals surface area contributed by atoms with Gasteiger partial charge in [0.05, 0.1) is 29.4 Å². The molecule has 188 valence electrons. The SMILES string of the molecule is COC(=O)C(c1ccc2cn(-c3ccc4nn(C)cc4c3)c(=O)c(-c3ccc(Cl)cc3)c2n1)S(C)(=O)=O. The third-order valence-corrected chi connectivity index (χ3v) is 7.55. The Balaban J connectivity index is 1.82. The quantitative estimate of drug-likeness (QED) is 0.313. The Bertz CT molecular complexity index is 1860. The molecule has 0 spiro atoms. The fraction of sp³-hybridized carbons (Fsp3) is 0.154. The van der Waals surface area contributed by atoms with E-state index in [1.165, 1.54) is 10.6 Å². The molecule has 0 aliphatic carbocycles. The molecule has 3 aromatic heterocycles. The third kappa shape index (κ3) is 4.49. The van der Waals surface area contributed by atoms with E-state index in [4.69, 9.17) is 16.3 Å². The first-order valence-electron chi connectivity index (χ1n) is 11.1. The number of fused-ring (bicyclic) bond motifs is 2. The van der Waals surface area contributed by atoms with Crippen molar-refractivity contribution in [3.05, 3.63) is 88.1 Å². The Hall–Kier alpha value is -4.02. The number of rotatable bonds is 5. The molecule has 11 heteroatoms. The molecule has 0 saturated carbocycles. The van der Waals surface area contributed by atoms with Crippen LogP contribution < -0.4 is 5.56 Å². The number of aromatic nitrogens is 4. The molecule has 1 atom stereocenters. The van der Waals surface area contributed by atoms with E-state index in [1.807, 2.05) is 25.4 Å². The molecule has 2 aromatic carbocycles. The molecule has 0 fully saturated rings. The van der Waals surface area contributed by atoms with Crippen LogP contribution in [0.5, 0.6) is 0 Å². The second kappa shape index (κ2) is 9.13. The Labute approximate surface area is 216 Å². The maximum absolute atomic E-state index is 13.9. The van der Waals surface area contributed by atoms with Crippen molar-refractivity contribution in [2.24, 2.45) is 7.05 Å². The van der Waals surface area contributed by atoms with Crippen molar-refractivity contribution in [2.45, 2.75) is 5.25 Å². The number of sulfone groups is 1. The molecule has 0 amide bonds. The molecule has 1 unspecified atom stereocenters. The van der Waals surface area contributed by atoms with Crippen LogP contribution in [-0.4, -0.2) is 47.1 Å². The predicted molar refractivity (Wildman–Crippen MR) is 142 cm³/mol. The van der Waals surface area contributed by atoms with Crippen LogP contribution in [0.15, 0.2) is 71.8 Å². The highest BCUT2D eigenvalue weighted by Gasteiger charge is 2.33. The lowest BCUT2D eigenvalue weighted by Crippen LogP contribution is -2.24. The molecule has 37 heavy (non-hydrogen) atoms. The number of hydrogen-bond acceptors (Lipinski definition) is 7. The number of aryl methyl sites for hydroxylation is 1. The molecular formula is C26H21ClN4O5S. The van der Waals surface area contributed by atoms with Crippen LogP contribution in [0.4, 0.5) is 0 Å². The van der Waals surface area contributed by atoms with Gasteiger partial charge >= 0.3 is 5.97 Å². The van der Waals surface area contributed by atoms with Gasteiger partial charge in [-0.1, -0.05) is 23.7 Å². The van der Waals surface area contributed by atoms with Crippen LogP contribution in [0, 0.1) is 0 Å². The average Bonchev–Trinajstić information content (AvgIpc) is 3.23. The Morgan fingerprint density at radius 3 is 2.43 bits per heavy atom. The lowest BCUT2D eigenvalue weighted by Gasteiger charge is -2.16. The summed E-state index contributed by atoms with van der Waals surface area (Å²) in [5, 5.41) is 4.67. The Morgan fingerprint density at radius 1 is 1.03 bits per heavy atom. The van der Waals surface area contributed by atoms with Gasteiger partial charge in [-0.3, -0.25) is 18.8 Å². The summed E-state index contributed by atoms with van der Waals surface area (Å²) in [6, 6.07) is 15.3. The van der Waals surface area contributed by atoms with Crippen LogP contribution in [-0.2, 0) is 26.4 Å². The van der Waals surface area contributed by atoms with Crippen molar-refractivity contribution >= 4 is 49.2 Å². The lowest BCUT2D eigenvalue weighted by molar-refractivity contribution is -0.140. The number of pyridine rings is 2. The number of hydrogen-bond donors (Lipinski definition) is 0. The number of benzene rings is 2. The third-order valence-electron chi connectivity index (χ3n) is 6.01. The number of nitrogens with zero attached hydrogens (tertiary/aromatic N) is 4. The van der Waals surface area contributed by atoms with Gasteiger partial charge in [-0.2, -0.15) is 5.10 Å². The molecule has 9 nitrogen and oxygen atoms in total. The van der Waals surface area contributed by atoms with E-state index in [0.717, 1.165) is 24.3 Å². The number of carbonyl (C=O) groups is 1. The van der Waals surface area contributed by atoms with Crippen LogP contribution in [0.2, 0.25) is 5.02 Å². The molecule has 0 radical (unpaired) electrons. The van der Waals surface area contributed by atoms with E-state index in [-0.39, 0.29) is 22.3 Å². The summed E-state index contributed by atoms with van der Waals surface area (Å²) in [5.41, 5.74) is 2.02. The van der Waals surface area contributed by atoms with Crippen molar-refractivity contribution in [1.29, 1.82) is 0 Å². The first-order chi connectivity index (χ1) is 17.6. The van der Waals surface area contributed by atoms with Crippen LogP contribution in [0.25, 0.3) is 38.6 Å². The van der Waals surface area contributed by atoms with Crippen molar-refractivity contribution in [1.82, 2.24) is 19.3 Å². The standard InChI is InChI=1S/C26H21ClN4O5S/c1-30-13-17-12-19(9-11-20(17)29-30)31-14-16-6-10-21(24(26(33)36-2)37(3,34)35)28-23(16)22(25(31)32)15-4-7-18(27)8-5-15/h4-14,24H,1-3H3. The highest BCUT2D eigenvalue weighted by atomic mass is 35.5. The topological polar surface area (TPSA) is 113 Å². The van der Waals surface area contributed by atoms with Crippen LogP contribution >= 0.6 is 11.6 Å². The first-order valence-corrected chi connectivity index (χ1v) is 13.4. The van der Waals surface area contributed by atoms with Gasteiger partial charge in [-0.15, -0.1) is 0 Å². The van der Waals surface area contributed by atoms with E-state index < -0.39 is 21.1 Å². The van der Waals surface area contributed by atoms with Crippen molar-refractivity contribution in [3.8, 4) is 16.8 Å². The van der Waals surface area contributed by atoms with Gasteiger partial charge in [-0.05, 0) is 48.0 Å². The van der Waals surface area contributed by atoms with Gasteiger partial charge < -0.3 is 4.74 Å². The van der Waals surface area contributed by atoms with Gasteiger partial charge in [0.2, 0.25) is 0 Å². The fourth-order valence-corrected chi connectivity index (χ4v) is 5.47. The average molecular weight is 537 g/mol. The lowest BCUT2D eigenvalue weighted by atomic mass is 10.0. The maximum Gasteiger partial charge on any atom is 0.330 e. The predicted octanol–water partition coefficient (Wildman–Crippen LogP) is 3.85. The normalized spacial score (nSPS) is 12.6. The van der Waals surface area contributed by atoms with E-state index in [9.17, 15) is 18.0 Å². The Kier molecular flexibility index (Phi) is 6.09. The monoisotopic (exact) mass is 536 g/mol.